The van der Waals surface area contributed by atoms with E-state index in [2.05, 4.69) is 4.85 Å². The van der Waals surface area contributed by atoms with Gasteiger partial charge in [0.2, 0.25) is 0 Å². The highest BCUT2D eigenvalue weighted by Crippen LogP contribution is 2.38. The summed E-state index contributed by atoms with van der Waals surface area (Å²) in [5.74, 6) is -4.32. The van der Waals surface area contributed by atoms with E-state index < -0.39 is 48.3 Å². The van der Waals surface area contributed by atoms with Crippen molar-refractivity contribution in [2.75, 3.05) is 27.3 Å². The van der Waals surface area contributed by atoms with Crippen LogP contribution in [-0.4, -0.2) is 72.8 Å². The molecular formula is C25H31F2N3O5. The monoisotopic (exact) mass is 491 g/mol. The Balaban J connectivity index is 1.99. The lowest BCUT2D eigenvalue weighted by Gasteiger charge is -2.27. The maximum absolute atomic E-state index is 14.5. The van der Waals surface area contributed by atoms with E-state index in [9.17, 15) is 23.2 Å². The molecule has 0 bridgehead atoms. The number of ketones is 1. The third-order valence-corrected chi connectivity index (χ3v) is 6.46. The van der Waals surface area contributed by atoms with Crippen LogP contribution in [0.3, 0.4) is 0 Å². The van der Waals surface area contributed by atoms with Crippen molar-refractivity contribution in [3.05, 3.63) is 34.7 Å². The molecule has 2 aliphatic heterocycles. The summed E-state index contributed by atoms with van der Waals surface area (Å²) in [6.45, 7) is 12.0. The maximum atomic E-state index is 14.5. The van der Waals surface area contributed by atoms with Crippen LogP contribution in [0.1, 0.15) is 56.0 Å². The molecule has 0 radical (unpaired) electrons. The number of amides is 2. The topological polar surface area (TPSA) is 80.5 Å². The molecule has 2 aliphatic rings. The first kappa shape index (κ1) is 26.4. The molecule has 0 unspecified atom stereocenters. The largest absolute Gasteiger partial charge is 0.493 e. The third-order valence-electron chi connectivity index (χ3n) is 6.46. The molecule has 0 N–H and O–H groups in total. The molecule has 2 amide bonds. The highest BCUT2D eigenvalue weighted by molar-refractivity contribution is 5.99. The Hall–Kier alpha value is -3.22. The van der Waals surface area contributed by atoms with Gasteiger partial charge in [-0.1, -0.05) is 20.8 Å². The maximum Gasteiger partial charge on any atom is 0.300 e. The molecule has 1 aromatic rings. The molecule has 2 saturated heterocycles. The number of Topliss-reactive ketones (excluding diaryl/α,β-unsaturated/α-hetero) is 1. The van der Waals surface area contributed by atoms with Crippen LogP contribution in [-0.2, 0) is 16.0 Å². The van der Waals surface area contributed by atoms with Crippen molar-refractivity contribution in [3.63, 3.8) is 0 Å². The van der Waals surface area contributed by atoms with E-state index in [1.807, 2.05) is 0 Å². The standard InChI is InChI=1S/C25H31F2N3O5/c1-24(2,3)19(31)12-15-10-16(11-18(34-5)21(15)35-6)22(32)30-14-25(26,27)13-17(30)23(33)29-9-7-8-20(29)28-4/h10-11,17,20H,7-9,12-14H2,1-3,5-6H3/t17-,20-/m0/s1. The molecule has 0 aliphatic carbocycles. The predicted octanol–water partition coefficient (Wildman–Crippen LogP) is 3.58. The van der Waals surface area contributed by atoms with E-state index >= 15 is 0 Å². The number of carbonyl (C=O) groups excluding carboxylic acids is 3. The highest BCUT2D eigenvalue weighted by atomic mass is 19.3. The molecule has 0 saturated carbocycles. The number of benzene rings is 1. The normalized spacial score (nSPS) is 21.5. The number of carbonyl (C=O) groups is 3. The van der Waals surface area contributed by atoms with E-state index in [1.165, 1.54) is 31.3 Å². The Morgan fingerprint density at radius 1 is 1.17 bits per heavy atom. The number of hydrogen-bond acceptors (Lipinski definition) is 5. The summed E-state index contributed by atoms with van der Waals surface area (Å²) in [7, 11) is 2.78. The third kappa shape index (κ3) is 5.39. The Bertz CT molecular complexity index is 1060. The molecule has 35 heavy (non-hydrogen) atoms. The minimum atomic E-state index is -3.25. The summed E-state index contributed by atoms with van der Waals surface area (Å²) < 4.78 is 39.7. The number of alkyl halides is 2. The van der Waals surface area contributed by atoms with Gasteiger partial charge in [-0.05, 0) is 18.6 Å². The first-order valence-electron chi connectivity index (χ1n) is 11.5. The lowest BCUT2D eigenvalue weighted by atomic mass is 9.86. The Labute approximate surface area is 204 Å². The van der Waals surface area contributed by atoms with Crippen molar-refractivity contribution in [2.24, 2.45) is 5.41 Å². The fourth-order valence-corrected chi connectivity index (χ4v) is 4.48. The summed E-state index contributed by atoms with van der Waals surface area (Å²) in [6, 6.07) is 1.41. The summed E-state index contributed by atoms with van der Waals surface area (Å²) in [4.78, 5) is 45.0. The van der Waals surface area contributed by atoms with E-state index in [-0.39, 0.29) is 29.3 Å². The average Bonchev–Trinajstić information content (AvgIpc) is 3.40. The number of ether oxygens (including phenoxy) is 2. The van der Waals surface area contributed by atoms with Crippen LogP contribution < -0.4 is 9.47 Å². The van der Waals surface area contributed by atoms with Crippen molar-refractivity contribution in [2.45, 2.75) is 64.6 Å². The summed E-state index contributed by atoms with van der Waals surface area (Å²) in [5.41, 5.74) is -0.253. The zero-order chi connectivity index (χ0) is 26.1. The number of hydrogen-bond donors (Lipinski definition) is 0. The van der Waals surface area contributed by atoms with Gasteiger partial charge in [-0.2, -0.15) is 0 Å². The lowest BCUT2D eigenvalue weighted by Crippen LogP contribution is -2.48. The Morgan fingerprint density at radius 3 is 2.43 bits per heavy atom. The van der Waals surface area contributed by atoms with Crippen molar-refractivity contribution >= 4 is 17.6 Å². The van der Waals surface area contributed by atoms with Crippen LogP contribution in [0.25, 0.3) is 4.85 Å². The first-order valence-corrected chi connectivity index (χ1v) is 11.5. The molecule has 2 atom stereocenters. The minimum absolute atomic E-state index is 0.0120. The quantitative estimate of drug-likeness (QED) is 0.569. The van der Waals surface area contributed by atoms with Crippen LogP contribution in [0.2, 0.25) is 0 Å². The Morgan fingerprint density at radius 2 is 1.86 bits per heavy atom. The first-order chi connectivity index (χ1) is 16.3. The van der Waals surface area contributed by atoms with Crippen molar-refractivity contribution in [3.8, 4) is 11.5 Å². The Kier molecular flexibility index (Phi) is 7.39. The molecule has 190 valence electrons. The van der Waals surface area contributed by atoms with Gasteiger partial charge < -0.3 is 14.4 Å². The highest BCUT2D eigenvalue weighted by Gasteiger charge is 2.52. The van der Waals surface area contributed by atoms with Crippen LogP contribution in [0.4, 0.5) is 8.78 Å². The average molecular weight is 492 g/mol. The van der Waals surface area contributed by atoms with E-state index in [4.69, 9.17) is 16.0 Å². The van der Waals surface area contributed by atoms with Crippen molar-refractivity contribution < 1.29 is 32.6 Å². The zero-order valence-electron chi connectivity index (χ0n) is 20.7. The van der Waals surface area contributed by atoms with Gasteiger partial charge >= 0.3 is 6.17 Å². The second-order valence-corrected chi connectivity index (χ2v) is 10.0. The van der Waals surface area contributed by atoms with E-state index in [1.54, 1.807) is 20.8 Å². The molecule has 2 heterocycles. The molecule has 10 heteroatoms. The van der Waals surface area contributed by atoms with Gasteiger partial charge in [-0.15, -0.1) is 0 Å². The van der Waals surface area contributed by atoms with Crippen LogP contribution >= 0.6 is 0 Å². The molecule has 0 spiro atoms. The van der Waals surface area contributed by atoms with Crippen molar-refractivity contribution in [1.82, 2.24) is 9.80 Å². The molecule has 8 nitrogen and oxygen atoms in total. The second-order valence-electron chi connectivity index (χ2n) is 10.0. The summed E-state index contributed by atoms with van der Waals surface area (Å²) in [5, 5.41) is 0. The van der Waals surface area contributed by atoms with Gasteiger partial charge in [0.1, 0.15) is 11.8 Å². The van der Waals surface area contributed by atoms with Gasteiger partial charge in [0.15, 0.2) is 11.5 Å². The van der Waals surface area contributed by atoms with Gasteiger partial charge in [0, 0.05) is 42.3 Å². The van der Waals surface area contributed by atoms with Gasteiger partial charge in [-0.3, -0.25) is 24.1 Å². The fourth-order valence-electron chi connectivity index (χ4n) is 4.48. The number of likely N-dealkylation sites (tertiary alicyclic amines) is 2. The number of rotatable bonds is 6. The second kappa shape index (κ2) is 9.80. The van der Waals surface area contributed by atoms with Crippen LogP contribution in [0.15, 0.2) is 12.1 Å². The fraction of sp³-hybridized carbons (Fsp3) is 0.600. The molecular weight excluding hydrogens is 460 g/mol. The molecule has 0 aromatic heterocycles. The van der Waals surface area contributed by atoms with Crippen molar-refractivity contribution in [1.29, 1.82) is 0 Å². The minimum Gasteiger partial charge on any atom is -0.493 e. The number of nitrogens with zero attached hydrogens (tertiary/aromatic N) is 3. The van der Waals surface area contributed by atoms with E-state index in [0.29, 0.717) is 24.9 Å². The zero-order valence-corrected chi connectivity index (χ0v) is 20.7. The van der Waals surface area contributed by atoms with E-state index in [0.717, 1.165) is 4.90 Å². The number of halogens is 2. The number of methoxy groups -OCH3 is 2. The van der Waals surface area contributed by atoms with Gasteiger partial charge in [0.25, 0.3) is 17.7 Å². The molecule has 3 rings (SSSR count). The smallest absolute Gasteiger partial charge is 0.300 e. The lowest BCUT2D eigenvalue weighted by molar-refractivity contribution is -0.135. The van der Waals surface area contributed by atoms with Crippen LogP contribution in [0.5, 0.6) is 11.5 Å². The van der Waals surface area contributed by atoms with Crippen LogP contribution in [0, 0.1) is 12.0 Å². The summed E-state index contributed by atoms with van der Waals surface area (Å²) >= 11 is 0. The van der Waals surface area contributed by atoms with Gasteiger partial charge in [-0.25, -0.2) is 15.4 Å². The summed E-state index contributed by atoms with van der Waals surface area (Å²) in [6.07, 6.45) is -0.473. The SMILES string of the molecule is [C-]#[N+][C@@H]1CCCN1C(=O)[C@@H]1CC(F)(F)CN1C(=O)c1cc(CC(=O)C(C)(C)C)c(OC)c(OC)c1. The predicted molar refractivity (Wildman–Crippen MR) is 123 cm³/mol. The molecule has 2 fully saturated rings. The van der Waals surface area contributed by atoms with Gasteiger partial charge in [0.05, 0.1) is 20.8 Å². The molecule has 1 aromatic carbocycles.